The zero-order chi connectivity index (χ0) is 13.1. The molecule has 1 aliphatic rings. The van der Waals surface area contributed by atoms with Gasteiger partial charge in [-0.15, -0.1) is 0 Å². The quantitative estimate of drug-likeness (QED) is 0.675. The Balaban J connectivity index is 2.08. The summed E-state index contributed by atoms with van der Waals surface area (Å²) in [6, 6.07) is 3.11. The maximum atomic E-state index is 10.7. The molecule has 0 aliphatic carbocycles. The first-order chi connectivity index (χ1) is 8.58. The van der Waals surface area contributed by atoms with Gasteiger partial charge >= 0.3 is 0 Å². The van der Waals surface area contributed by atoms with Crippen molar-refractivity contribution in [2.45, 2.75) is 13.3 Å². The lowest BCUT2D eigenvalue weighted by atomic mass is 10.1. The predicted octanol–water partition coefficient (Wildman–Crippen LogP) is 3.01. The zero-order valence-corrected chi connectivity index (χ0v) is 10.9. The van der Waals surface area contributed by atoms with Gasteiger partial charge in [0, 0.05) is 30.8 Å². The van der Waals surface area contributed by atoms with Crippen LogP contribution in [-0.2, 0) is 4.74 Å². The average Bonchev–Trinajstić information content (AvgIpc) is 2.82. The SMILES string of the molecule is Cc1cc([N+](=O)[O-])c(Cl)cc1NCC1CCOC1. The van der Waals surface area contributed by atoms with Crippen molar-refractivity contribution in [2.24, 2.45) is 5.92 Å². The number of nitro groups is 1. The number of aryl methyl sites for hydroxylation is 1. The van der Waals surface area contributed by atoms with E-state index in [9.17, 15) is 10.1 Å². The first-order valence-corrected chi connectivity index (χ1v) is 6.22. The number of nitrogens with zero attached hydrogens (tertiary/aromatic N) is 1. The van der Waals surface area contributed by atoms with Gasteiger partial charge in [-0.05, 0) is 25.0 Å². The lowest BCUT2D eigenvalue weighted by Crippen LogP contribution is -2.14. The highest BCUT2D eigenvalue weighted by atomic mass is 35.5. The molecule has 1 atom stereocenters. The maximum absolute atomic E-state index is 10.7. The molecule has 98 valence electrons. The van der Waals surface area contributed by atoms with Gasteiger partial charge < -0.3 is 10.1 Å². The first-order valence-electron chi connectivity index (χ1n) is 5.84. The van der Waals surface area contributed by atoms with Crippen LogP contribution in [0.15, 0.2) is 12.1 Å². The molecule has 1 aromatic rings. The summed E-state index contributed by atoms with van der Waals surface area (Å²) in [7, 11) is 0. The fraction of sp³-hybridized carbons (Fsp3) is 0.500. The summed E-state index contributed by atoms with van der Waals surface area (Å²) in [4.78, 5) is 10.3. The number of nitro benzene ring substituents is 1. The van der Waals surface area contributed by atoms with Crippen molar-refractivity contribution in [3.63, 3.8) is 0 Å². The van der Waals surface area contributed by atoms with E-state index in [0.717, 1.165) is 37.4 Å². The highest BCUT2D eigenvalue weighted by Crippen LogP contribution is 2.30. The molecule has 18 heavy (non-hydrogen) atoms. The highest BCUT2D eigenvalue weighted by molar-refractivity contribution is 6.33. The molecule has 0 aromatic heterocycles. The minimum Gasteiger partial charge on any atom is -0.384 e. The van der Waals surface area contributed by atoms with Crippen LogP contribution in [0.25, 0.3) is 0 Å². The van der Waals surface area contributed by atoms with E-state index in [0.29, 0.717) is 5.92 Å². The van der Waals surface area contributed by atoms with E-state index in [4.69, 9.17) is 16.3 Å². The number of benzene rings is 1. The third-order valence-corrected chi connectivity index (χ3v) is 3.40. The van der Waals surface area contributed by atoms with Crippen molar-refractivity contribution >= 4 is 23.0 Å². The monoisotopic (exact) mass is 270 g/mol. The average molecular weight is 271 g/mol. The van der Waals surface area contributed by atoms with Gasteiger partial charge in [-0.3, -0.25) is 10.1 Å². The van der Waals surface area contributed by atoms with E-state index < -0.39 is 4.92 Å². The second-order valence-corrected chi connectivity index (χ2v) is 4.89. The van der Waals surface area contributed by atoms with E-state index in [2.05, 4.69) is 5.32 Å². The summed E-state index contributed by atoms with van der Waals surface area (Å²) >= 11 is 5.89. The fourth-order valence-corrected chi connectivity index (χ4v) is 2.23. The fourth-order valence-electron chi connectivity index (χ4n) is 2.00. The van der Waals surface area contributed by atoms with Gasteiger partial charge in [0.15, 0.2) is 0 Å². The molecular weight excluding hydrogens is 256 g/mol. The Morgan fingerprint density at radius 2 is 2.39 bits per heavy atom. The Labute approximate surface area is 110 Å². The molecule has 0 spiro atoms. The normalized spacial score (nSPS) is 18.9. The van der Waals surface area contributed by atoms with Gasteiger partial charge in [0.2, 0.25) is 0 Å². The number of nitrogens with one attached hydrogen (secondary N) is 1. The van der Waals surface area contributed by atoms with Crippen LogP contribution in [0.4, 0.5) is 11.4 Å². The van der Waals surface area contributed by atoms with E-state index in [1.807, 2.05) is 6.92 Å². The number of hydrogen-bond donors (Lipinski definition) is 1. The lowest BCUT2D eigenvalue weighted by Gasteiger charge is -2.13. The van der Waals surface area contributed by atoms with Crippen molar-refractivity contribution < 1.29 is 9.66 Å². The first kappa shape index (κ1) is 13.1. The van der Waals surface area contributed by atoms with E-state index in [1.165, 1.54) is 6.07 Å². The topological polar surface area (TPSA) is 64.4 Å². The molecule has 5 nitrogen and oxygen atoms in total. The molecule has 1 N–H and O–H groups in total. The van der Waals surface area contributed by atoms with E-state index in [1.54, 1.807) is 6.07 Å². The van der Waals surface area contributed by atoms with Crippen LogP contribution in [0.1, 0.15) is 12.0 Å². The zero-order valence-electron chi connectivity index (χ0n) is 10.1. The maximum Gasteiger partial charge on any atom is 0.288 e. The largest absolute Gasteiger partial charge is 0.384 e. The minimum atomic E-state index is -0.468. The second-order valence-electron chi connectivity index (χ2n) is 4.49. The summed E-state index contributed by atoms with van der Waals surface area (Å²) < 4.78 is 5.29. The van der Waals surface area contributed by atoms with Crippen LogP contribution in [0.2, 0.25) is 5.02 Å². The summed E-state index contributed by atoms with van der Waals surface area (Å²) in [6.07, 6.45) is 1.05. The van der Waals surface area contributed by atoms with Crippen LogP contribution in [0.3, 0.4) is 0 Å². The molecule has 2 rings (SSSR count). The predicted molar refractivity (Wildman–Crippen MR) is 70.3 cm³/mol. The molecule has 1 fully saturated rings. The van der Waals surface area contributed by atoms with Gasteiger partial charge in [-0.1, -0.05) is 11.6 Å². The van der Waals surface area contributed by atoms with Gasteiger partial charge in [-0.25, -0.2) is 0 Å². The number of ether oxygens (including phenoxy) is 1. The number of rotatable bonds is 4. The van der Waals surface area contributed by atoms with E-state index >= 15 is 0 Å². The molecule has 1 saturated heterocycles. The third-order valence-electron chi connectivity index (χ3n) is 3.10. The van der Waals surface area contributed by atoms with Crippen molar-refractivity contribution in [1.82, 2.24) is 0 Å². The molecule has 0 radical (unpaired) electrons. The van der Waals surface area contributed by atoms with Crippen molar-refractivity contribution in [3.8, 4) is 0 Å². The Morgan fingerprint density at radius 1 is 1.61 bits per heavy atom. The Bertz CT molecular complexity index is 459. The number of halogens is 1. The molecular formula is C12H15ClN2O3. The Hall–Kier alpha value is -1.33. The van der Waals surface area contributed by atoms with Crippen molar-refractivity contribution in [3.05, 3.63) is 32.8 Å². The summed E-state index contributed by atoms with van der Waals surface area (Å²) in [5.41, 5.74) is 1.62. The highest BCUT2D eigenvalue weighted by Gasteiger charge is 2.18. The van der Waals surface area contributed by atoms with Crippen LogP contribution < -0.4 is 5.32 Å². The molecule has 1 aromatic carbocycles. The van der Waals surface area contributed by atoms with Gasteiger partial charge in [-0.2, -0.15) is 0 Å². The molecule has 1 heterocycles. The summed E-state index contributed by atoms with van der Waals surface area (Å²) in [5, 5.41) is 14.2. The Morgan fingerprint density at radius 3 is 3.00 bits per heavy atom. The van der Waals surface area contributed by atoms with Crippen LogP contribution in [0.5, 0.6) is 0 Å². The third kappa shape index (κ3) is 2.91. The number of hydrogen-bond acceptors (Lipinski definition) is 4. The molecule has 0 saturated carbocycles. The van der Waals surface area contributed by atoms with Crippen LogP contribution in [-0.4, -0.2) is 24.7 Å². The van der Waals surface area contributed by atoms with Crippen LogP contribution in [0, 0.1) is 23.0 Å². The molecule has 6 heteroatoms. The van der Waals surface area contributed by atoms with E-state index in [-0.39, 0.29) is 10.7 Å². The second kappa shape index (κ2) is 5.54. The van der Waals surface area contributed by atoms with Gasteiger partial charge in [0.1, 0.15) is 5.02 Å². The summed E-state index contributed by atoms with van der Waals surface area (Å²) in [6.45, 7) is 4.21. The molecule has 1 aliphatic heterocycles. The van der Waals surface area contributed by atoms with Crippen LogP contribution >= 0.6 is 11.6 Å². The molecule has 0 bridgehead atoms. The number of anilines is 1. The summed E-state index contributed by atoms with van der Waals surface area (Å²) in [5.74, 6) is 0.498. The Kier molecular flexibility index (Phi) is 4.04. The smallest absolute Gasteiger partial charge is 0.288 e. The molecule has 0 amide bonds. The van der Waals surface area contributed by atoms with Crippen molar-refractivity contribution in [1.29, 1.82) is 0 Å². The van der Waals surface area contributed by atoms with Crippen molar-refractivity contribution in [2.75, 3.05) is 25.1 Å². The van der Waals surface area contributed by atoms with Gasteiger partial charge in [0.05, 0.1) is 11.5 Å². The standard InChI is InChI=1S/C12H15ClN2O3/c1-8-4-12(15(16)17)10(13)5-11(8)14-6-9-2-3-18-7-9/h4-5,9,14H,2-3,6-7H2,1H3. The van der Waals surface area contributed by atoms with Gasteiger partial charge in [0.25, 0.3) is 5.69 Å². The minimum absolute atomic E-state index is 0.0519. The lowest BCUT2D eigenvalue weighted by molar-refractivity contribution is -0.384. The molecule has 1 unspecified atom stereocenters.